The van der Waals surface area contributed by atoms with Crippen LogP contribution in [0.3, 0.4) is 0 Å². The Morgan fingerprint density at radius 1 is 0.818 bits per heavy atom. The molecule has 0 radical (unpaired) electrons. The van der Waals surface area contributed by atoms with E-state index < -0.39 is 0 Å². The zero-order valence-corrected chi connectivity index (χ0v) is 14.4. The van der Waals surface area contributed by atoms with Crippen molar-refractivity contribution >= 4 is 0 Å². The largest absolute Gasteiger partial charge is 0.251 e. The van der Waals surface area contributed by atoms with E-state index in [0.29, 0.717) is 0 Å². The molecule has 0 aromatic carbocycles. The topological polar surface area (TPSA) is 29.5 Å². The second-order valence-electron chi connectivity index (χ2n) is 5.51. The van der Waals surface area contributed by atoms with E-state index in [2.05, 4.69) is 49.1 Å². The molecule has 0 bridgehead atoms. The van der Waals surface area contributed by atoms with Crippen LogP contribution in [0.5, 0.6) is 0 Å². The van der Waals surface area contributed by atoms with Gasteiger partial charge in [-0.15, -0.1) is 0 Å². The summed E-state index contributed by atoms with van der Waals surface area (Å²) in [5, 5.41) is 8.75. The van der Waals surface area contributed by atoms with E-state index in [9.17, 15) is 0 Å². The van der Waals surface area contributed by atoms with Crippen molar-refractivity contribution in [3.63, 3.8) is 0 Å². The average Bonchev–Trinajstić information content (AvgIpc) is 2.54. The Labute approximate surface area is 137 Å². The van der Waals surface area contributed by atoms with Crippen LogP contribution in [0.25, 0.3) is 0 Å². The smallest absolute Gasteiger partial charge is 0.111 e. The minimum Gasteiger partial charge on any atom is -0.251 e. The molecule has 0 amide bonds. The van der Waals surface area contributed by atoms with Crippen molar-refractivity contribution in [2.75, 3.05) is 0 Å². The molecule has 22 heavy (non-hydrogen) atoms. The van der Waals surface area contributed by atoms with Crippen LogP contribution >= 0.6 is 0 Å². The number of hydrogen-bond acceptors (Lipinski definition) is 2. The van der Waals surface area contributed by atoms with Gasteiger partial charge in [0.25, 0.3) is 0 Å². The lowest BCUT2D eigenvalue weighted by molar-refractivity contribution is -0.267. The zero-order chi connectivity index (χ0) is 16.3. The first-order chi connectivity index (χ1) is 10.8. The van der Waals surface area contributed by atoms with E-state index in [0.717, 1.165) is 32.1 Å². The van der Waals surface area contributed by atoms with E-state index in [1.165, 1.54) is 25.7 Å². The standard InChI is InChI=1S/C20H34O2/c1-3-5-7-8-9-10-11-12-13-14-15-16-17-19-20(22-21)18-6-4-2/h9-10,12-13,15-17,19-21H,3-8,11,14,18H2,1-2H3. The molecule has 0 aliphatic heterocycles. The Morgan fingerprint density at radius 2 is 1.50 bits per heavy atom. The molecule has 0 aliphatic carbocycles. The highest BCUT2D eigenvalue weighted by Gasteiger charge is 2.01. The minimum absolute atomic E-state index is 0.182. The van der Waals surface area contributed by atoms with E-state index in [-0.39, 0.29) is 6.10 Å². The lowest BCUT2D eigenvalue weighted by atomic mass is 10.1. The quantitative estimate of drug-likeness (QED) is 0.128. The molecule has 0 fully saturated rings. The van der Waals surface area contributed by atoms with Crippen molar-refractivity contribution in [1.82, 2.24) is 0 Å². The molecule has 2 nitrogen and oxygen atoms in total. The van der Waals surface area contributed by atoms with Gasteiger partial charge in [-0.1, -0.05) is 88.1 Å². The van der Waals surface area contributed by atoms with Gasteiger partial charge in [-0.2, -0.15) is 0 Å². The predicted octanol–water partition coefficient (Wildman–Crippen LogP) is 6.62. The van der Waals surface area contributed by atoms with Gasteiger partial charge in [0.1, 0.15) is 6.10 Å². The summed E-state index contributed by atoms with van der Waals surface area (Å²) in [7, 11) is 0. The Morgan fingerprint density at radius 3 is 2.18 bits per heavy atom. The first-order valence-corrected chi connectivity index (χ1v) is 8.78. The highest BCUT2D eigenvalue weighted by molar-refractivity contribution is 5.07. The summed E-state index contributed by atoms with van der Waals surface area (Å²) >= 11 is 0. The van der Waals surface area contributed by atoms with Crippen LogP contribution in [0.15, 0.2) is 48.6 Å². The van der Waals surface area contributed by atoms with Gasteiger partial charge in [0, 0.05) is 0 Å². The number of unbranched alkanes of at least 4 members (excludes halogenated alkanes) is 4. The lowest BCUT2D eigenvalue weighted by Gasteiger charge is -2.06. The van der Waals surface area contributed by atoms with Gasteiger partial charge in [-0.25, -0.2) is 4.89 Å². The molecule has 0 aromatic rings. The van der Waals surface area contributed by atoms with Crippen molar-refractivity contribution in [1.29, 1.82) is 0 Å². The SMILES string of the molecule is CCCCCC=CCC=CCC=CC=CC(CCCC)OO. The molecule has 1 unspecified atom stereocenters. The third kappa shape index (κ3) is 15.3. The highest BCUT2D eigenvalue weighted by atomic mass is 17.1. The third-order valence-electron chi connectivity index (χ3n) is 3.40. The van der Waals surface area contributed by atoms with Gasteiger partial charge in [0.05, 0.1) is 0 Å². The fourth-order valence-corrected chi connectivity index (χ4v) is 2.01. The summed E-state index contributed by atoms with van der Waals surface area (Å²) in [5.41, 5.74) is 0. The van der Waals surface area contributed by atoms with Crippen LogP contribution in [-0.4, -0.2) is 11.4 Å². The van der Waals surface area contributed by atoms with Gasteiger partial charge >= 0.3 is 0 Å². The van der Waals surface area contributed by atoms with Crippen LogP contribution < -0.4 is 0 Å². The molecular weight excluding hydrogens is 272 g/mol. The summed E-state index contributed by atoms with van der Waals surface area (Å²) in [6, 6.07) is 0. The molecule has 126 valence electrons. The normalized spacial score (nSPS) is 14.1. The molecule has 0 spiro atoms. The fraction of sp³-hybridized carbons (Fsp3) is 0.600. The van der Waals surface area contributed by atoms with Gasteiger partial charge in [0.15, 0.2) is 0 Å². The number of rotatable bonds is 14. The molecule has 0 aliphatic rings. The van der Waals surface area contributed by atoms with Gasteiger partial charge in [-0.05, 0) is 32.1 Å². The fourth-order valence-electron chi connectivity index (χ4n) is 2.01. The van der Waals surface area contributed by atoms with Crippen LogP contribution in [0.1, 0.15) is 71.6 Å². The van der Waals surface area contributed by atoms with Crippen molar-refractivity contribution in [3.8, 4) is 0 Å². The van der Waals surface area contributed by atoms with E-state index in [1.807, 2.05) is 18.2 Å². The second kappa shape index (κ2) is 17.9. The predicted molar refractivity (Wildman–Crippen MR) is 97.0 cm³/mol. The monoisotopic (exact) mass is 306 g/mol. The van der Waals surface area contributed by atoms with E-state index in [4.69, 9.17) is 5.26 Å². The molecule has 0 saturated heterocycles. The van der Waals surface area contributed by atoms with Crippen LogP contribution in [0, 0.1) is 0 Å². The number of hydrogen-bond donors (Lipinski definition) is 1. The van der Waals surface area contributed by atoms with Gasteiger partial charge < -0.3 is 0 Å². The van der Waals surface area contributed by atoms with Crippen molar-refractivity contribution in [2.45, 2.75) is 77.7 Å². The molecule has 2 heteroatoms. The second-order valence-corrected chi connectivity index (χ2v) is 5.51. The van der Waals surface area contributed by atoms with E-state index >= 15 is 0 Å². The van der Waals surface area contributed by atoms with Gasteiger partial charge in [0.2, 0.25) is 0 Å². The Balaban J connectivity index is 3.65. The zero-order valence-electron chi connectivity index (χ0n) is 14.4. The summed E-state index contributed by atoms with van der Waals surface area (Å²) in [6.45, 7) is 4.36. The first-order valence-electron chi connectivity index (χ1n) is 8.78. The molecule has 0 heterocycles. The molecule has 0 rings (SSSR count). The van der Waals surface area contributed by atoms with Crippen LogP contribution in [-0.2, 0) is 4.89 Å². The number of allylic oxidation sites excluding steroid dienone is 7. The Kier molecular flexibility index (Phi) is 17.0. The molecule has 0 aromatic heterocycles. The summed E-state index contributed by atoms with van der Waals surface area (Å²) in [4.78, 5) is 4.42. The van der Waals surface area contributed by atoms with Crippen molar-refractivity contribution in [3.05, 3.63) is 48.6 Å². The minimum atomic E-state index is -0.182. The highest BCUT2D eigenvalue weighted by Crippen LogP contribution is 2.05. The maximum atomic E-state index is 8.75. The van der Waals surface area contributed by atoms with Crippen molar-refractivity contribution < 1.29 is 10.1 Å². The maximum absolute atomic E-state index is 8.75. The maximum Gasteiger partial charge on any atom is 0.111 e. The molecule has 1 atom stereocenters. The Hall–Kier alpha value is -1.12. The molecule has 0 saturated carbocycles. The summed E-state index contributed by atoms with van der Waals surface area (Å²) in [6.07, 6.45) is 26.8. The average molecular weight is 306 g/mol. The van der Waals surface area contributed by atoms with Crippen LogP contribution in [0.2, 0.25) is 0 Å². The molecular formula is C20H34O2. The van der Waals surface area contributed by atoms with Crippen molar-refractivity contribution in [2.24, 2.45) is 0 Å². The van der Waals surface area contributed by atoms with Gasteiger partial charge in [-0.3, -0.25) is 5.26 Å². The lowest BCUT2D eigenvalue weighted by Crippen LogP contribution is -2.06. The first kappa shape index (κ1) is 20.9. The molecule has 1 N–H and O–H groups in total. The third-order valence-corrected chi connectivity index (χ3v) is 3.40. The summed E-state index contributed by atoms with van der Waals surface area (Å²) < 4.78 is 0. The van der Waals surface area contributed by atoms with E-state index in [1.54, 1.807) is 0 Å². The van der Waals surface area contributed by atoms with Crippen LogP contribution in [0.4, 0.5) is 0 Å². The Bertz CT molecular complexity index is 327. The summed E-state index contributed by atoms with van der Waals surface area (Å²) in [5.74, 6) is 0.